The number of halogens is 1. The molecule has 2 rings (SSSR count). The Labute approximate surface area is 102 Å². The minimum Gasteiger partial charge on any atom is -0.288 e. The van der Waals surface area contributed by atoms with Gasteiger partial charge >= 0.3 is 0 Å². The van der Waals surface area contributed by atoms with Gasteiger partial charge in [0.05, 0.1) is 11.8 Å². The number of rotatable bonds is 3. The van der Waals surface area contributed by atoms with E-state index in [4.69, 9.17) is 0 Å². The minimum atomic E-state index is 0.00667. The fourth-order valence-electron chi connectivity index (χ4n) is 1.42. The molecule has 0 saturated heterocycles. The molecule has 0 unspecified atom stereocenters. The van der Waals surface area contributed by atoms with Crippen molar-refractivity contribution >= 4 is 21.7 Å². The van der Waals surface area contributed by atoms with Crippen LogP contribution in [0.1, 0.15) is 22.8 Å². The number of carbonyl (C=O) groups is 1. The normalized spacial score (nSPS) is 10.4. The summed E-state index contributed by atoms with van der Waals surface area (Å²) in [7, 11) is 0. The Kier molecular flexibility index (Phi) is 3.19. The zero-order valence-corrected chi connectivity index (χ0v) is 10.4. The monoisotopic (exact) mass is 278 g/mol. The highest BCUT2D eigenvalue weighted by molar-refractivity contribution is 9.10. The fraction of sp³-hybridized carbons (Fsp3) is 0.167. The Balaban J connectivity index is 2.28. The van der Waals surface area contributed by atoms with Crippen LogP contribution >= 0.6 is 15.9 Å². The van der Waals surface area contributed by atoms with E-state index in [1.807, 2.05) is 19.1 Å². The molecule has 82 valence electrons. The Morgan fingerprint density at radius 2 is 2.00 bits per heavy atom. The van der Waals surface area contributed by atoms with Crippen LogP contribution in [0.3, 0.4) is 0 Å². The highest BCUT2D eigenvalue weighted by Gasteiger charge is 2.10. The fourth-order valence-corrected chi connectivity index (χ4v) is 1.69. The van der Waals surface area contributed by atoms with E-state index in [1.165, 1.54) is 0 Å². The predicted octanol–water partition coefficient (Wildman–Crippen LogP) is 2.90. The van der Waals surface area contributed by atoms with Crippen molar-refractivity contribution in [2.75, 3.05) is 0 Å². The van der Waals surface area contributed by atoms with Crippen molar-refractivity contribution < 1.29 is 4.79 Å². The van der Waals surface area contributed by atoms with Gasteiger partial charge in [0, 0.05) is 22.8 Å². The number of hydrogen-bond acceptors (Lipinski definition) is 2. The molecule has 0 fully saturated rings. The van der Waals surface area contributed by atoms with Crippen molar-refractivity contribution in [3.63, 3.8) is 0 Å². The Bertz CT molecular complexity index is 502. The number of aryl methyl sites for hydroxylation is 1. The second kappa shape index (κ2) is 4.61. The zero-order valence-electron chi connectivity index (χ0n) is 8.85. The molecule has 1 aromatic heterocycles. The van der Waals surface area contributed by atoms with Crippen LogP contribution in [0.2, 0.25) is 0 Å². The Morgan fingerprint density at radius 3 is 2.56 bits per heavy atom. The van der Waals surface area contributed by atoms with Crippen molar-refractivity contribution in [1.29, 1.82) is 0 Å². The lowest BCUT2D eigenvalue weighted by atomic mass is 10.1. The second-order valence-electron chi connectivity index (χ2n) is 3.42. The first-order valence-corrected chi connectivity index (χ1v) is 5.82. The molecule has 0 amide bonds. The molecule has 4 heteroatoms. The summed E-state index contributed by atoms with van der Waals surface area (Å²) in [6, 6.07) is 7.32. The first-order chi connectivity index (χ1) is 7.70. The van der Waals surface area contributed by atoms with E-state index in [1.54, 1.807) is 29.2 Å². The maximum Gasteiger partial charge on any atom is 0.196 e. The van der Waals surface area contributed by atoms with Gasteiger partial charge in [-0.25, -0.2) is 0 Å². The van der Waals surface area contributed by atoms with E-state index in [0.29, 0.717) is 11.1 Å². The summed E-state index contributed by atoms with van der Waals surface area (Å²) in [6.45, 7) is 2.76. The molecule has 0 aliphatic heterocycles. The van der Waals surface area contributed by atoms with Crippen molar-refractivity contribution in [1.82, 2.24) is 9.78 Å². The van der Waals surface area contributed by atoms with E-state index in [9.17, 15) is 4.79 Å². The Hall–Kier alpha value is -1.42. The summed E-state index contributed by atoms with van der Waals surface area (Å²) in [6.07, 6.45) is 3.37. The molecule has 2 aromatic rings. The first-order valence-electron chi connectivity index (χ1n) is 5.03. The van der Waals surface area contributed by atoms with Crippen LogP contribution in [0.4, 0.5) is 0 Å². The molecule has 0 bridgehead atoms. The van der Waals surface area contributed by atoms with Gasteiger partial charge in [0.2, 0.25) is 0 Å². The number of nitrogens with zero attached hydrogens (tertiary/aromatic N) is 2. The van der Waals surface area contributed by atoms with Gasteiger partial charge in [-0.1, -0.05) is 15.9 Å². The standard InChI is InChI=1S/C12H11BrN2O/c1-2-15-8-10(7-14-15)12(16)9-3-5-11(13)6-4-9/h3-8H,2H2,1H3. The van der Waals surface area contributed by atoms with Crippen LogP contribution in [-0.4, -0.2) is 15.6 Å². The van der Waals surface area contributed by atoms with Gasteiger partial charge in [0.1, 0.15) is 0 Å². The van der Waals surface area contributed by atoms with Crippen LogP contribution in [0.25, 0.3) is 0 Å². The summed E-state index contributed by atoms with van der Waals surface area (Å²) >= 11 is 3.34. The average molecular weight is 279 g/mol. The van der Waals surface area contributed by atoms with Crippen LogP contribution in [0.15, 0.2) is 41.1 Å². The van der Waals surface area contributed by atoms with E-state index in [-0.39, 0.29) is 5.78 Å². The van der Waals surface area contributed by atoms with Gasteiger partial charge in [-0.3, -0.25) is 9.48 Å². The van der Waals surface area contributed by atoms with Crippen molar-refractivity contribution in [3.05, 3.63) is 52.3 Å². The van der Waals surface area contributed by atoms with Crippen molar-refractivity contribution in [3.8, 4) is 0 Å². The molecular formula is C12H11BrN2O. The average Bonchev–Trinajstić information content (AvgIpc) is 2.77. The van der Waals surface area contributed by atoms with Crippen LogP contribution in [-0.2, 0) is 6.54 Å². The molecule has 0 saturated carbocycles. The molecule has 1 aromatic carbocycles. The van der Waals surface area contributed by atoms with Gasteiger partial charge in [-0.2, -0.15) is 5.10 Å². The molecule has 0 aliphatic rings. The SMILES string of the molecule is CCn1cc(C(=O)c2ccc(Br)cc2)cn1. The number of hydrogen-bond donors (Lipinski definition) is 0. The number of aromatic nitrogens is 2. The first kappa shape index (κ1) is 11.1. The number of carbonyl (C=O) groups excluding carboxylic acids is 1. The third kappa shape index (κ3) is 2.22. The number of benzene rings is 1. The van der Waals surface area contributed by atoms with E-state index in [0.717, 1.165) is 11.0 Å². The zero-order chi connectivity index (χ0) is 11.5. The summed E-state index contributed by atoms with van der Waals surface area (Å²) in [4.78, 5) is 12.0. The van der Waals surface area contributed by atoms with Crippen LogP contribution in [0, 0.1) is 0 Å². The van der Waals surface area contributed by atoms with Crippen molar-refractivity contribution in [2.24, 2.45) is 0 Å². The molecule has 0 N–H and O–H groups in total. The maximum absolute atomic E-state index is 12.0. The summed E-state index contributed by atoms with van der Waals surface area (Å²) in [5.74, 6) is 0.00667. The van der Waals surface area contributed by atoms with E-state index in [2.05, 4.69) is 21.0 Å². The van der Waals surface area contributed by atoms with Crippen LogP contribution in [0.5, 0.6) is 0 Å². The molecule has 0 atom stereocenters. The van der Waals surface area contributed by atoms with Crippen molar-refractivity contribution in [2.45, 2.75) is 13.5 Å². The summed E-state index contributed by atoms with van der Waals surface area (Å²) in [5, 5.41) is 4.09. The second-order valence-corrected chi connectivity index (χ2v) is 4.34. The molecule has 1 heterocycles. The van der Waals surface area contributed by atoms with E-state index < -0.39 is 0 Å². The highest BCUT2D eigenvalue weighted by atomic mass is 79.9. The lowest BCUT2D eigenvalue weighted by molar-refractivity contribution is 0.103. The van der Waals surface area contributed by atoms with E-state index >= 15 is 0 Å². The van der Waals surface area contributed by atoms with Gasteiger partial charge in [0.15, 0.2) is 5.78 Å². The smallest absolute Gasteiger partial charge is 0.196 e. The maximum atomic E-state index is 12.0. The van der Waals surface area contributed by atoms with Gasteiger partial charge in [0.25, 0.3) is 0 Å². The van der Waals surface area contributed by atoms with Gasteiger partial charge in [-0.05, 0) is 31.2 Å². The summed E-state index contributed by atoms with van der Waals surface area (Å²) in [5.41, 5.74) is 1.31. The summed E-state index contributed by atoms with van der Waals surface area (Å²) < 4.78 is 2.71. The molecule has 0 radical (unpaired) electrons. The highest BCUT2D eigenvalue weighted by Crippen LogP contribution is 2.14. The molecule has 0 aliphatic carbocycles. The third-order valence-corrected chi connectivity index (χ3v) is 2.85. The molecule has 0 spiro atoms. The van der Waals surface area contributed by atoms with Gasteiger partial charge < -0.3 is 0 Å². The number of ketones is 1. The lowest BCUT2D eigenvalue weighted by Crippen LogP contribution is -1.99. The molecule has 3 nitrogen and oxygen atoms in total. The predicted molar refractivity (Wildman–Crippen MR) is 65.5 cm³/mol. The Morgan fingerprint density at radius 1 is 1.31 bits per heavy atom. The molecule has 16 heavy (non-hydrogen) atoms. The van der Waals surface area contributed by atoms with Crippen LogP contribution < -0.4 is 0 Å². The topological polar surface area (TPSA) is 34.9 Å². The quantitative estimate of drug-likeness (QED) is 0.810. The third-order valence-electron chi connectivity index (χ3n) is 2.33. The lowest BCUT2D eigenvalue weighted by Gasteiger charge is -1.97. The molecular weight excluding hydrogens is 268 g/mol. The van der Waals surface area contributed by atoms with Gasteiger partial charge in [-0.15, -0.1) is 0 Å². The minimum absolute atomic E-state index is 0.00667. The largest absolute Gasteiger partial charge is 0.288 e.